The van der Waals surface area contributed by atoms with Gasteiger partial charge in [-0.05, 0) is 42.0 Å². The molecule has 0 unspecified atom stereocenters. The van der Waals surface area contributed by atoms with Crippen molar-refractivity contribution in [2.24, 2.45) is 0 Å². The summed E-state index contributed by atoms with van der Waals surface area (Å²) in [6, 6.07) is 18.4. The summed E-state index contributed by atoms with van der Waals surface area (Å²) in [5, 5.41) is 9.60. The van der Waals surface area contributed by atoms with Crippen LogP contribution in [0.4, 0.5) is 15.8 Å². The van der Waals surface area contributed by atoms with E-state index in [2.05, 4.69) is 4.72 Å². The quantitative estimate of drug-likeness (QED) is 0.611. The molecule has 0 aromatic heterocycles. The van der Waals surface area contributed by atoms with Crippen molar-refractivity contribution < 1.29 is 22.7 Å². The minimum atomic E-state index is -4.06. The van der Waals surface area contributed by atoms with Crippen molar-refractivity contribution in [3.05, 3.63) is 89.7 Å². The largest absolute Gasteiger partial charge is 0.478 e. The average molecular weight is 414 g/mol. The summed E-state index contributed by atoms with van der Waals surface area (Å²) < 4.78 is 40.6. The van der Waals surface area contributed by atoms with Crippen molar-refractivity contribution in [1.29, 1.82) is 0 Å². The van der Waals surface area contributed by atoms with E-state index in [0.717, 1.165) is 17.7 Å². The maximum absolute atomic E-state index is 13.4. The minimum absolute atomic E-state index is 0.0529. The van der Waals surface area contributed by atoms with Gasteiger partial charge in [-0.15, -0.1) is 0 Å². The van der Waals surface area contributed by atoms with Crippen LogP contribution < -0.4 is 9.62 Å². The molecule has 0 aliphatic heterocycles. The molecule has 0 aliphatic carbocycles. The van der Waals surface area contributed by atoms with Crippen LogP contribution in [0.3, 0.4) is 0 Å². The van der Waals surface area contributed by atoms with Gasteiger partial charge >= 0.3 is 5.97 Å². The number of aromatic carboxylic acids is 1. The third kappa shape index (κ3) is 4.91. The molecule has 3 rings (SSSR count). The number of carboxylic acids is 1. The molecule has 3 aromatic rings. The van der Waals surface area contributed by atoms with Crippen LogP contribution in [0.25, 0.3) is 0 Å². The first kappa shape index (κ1) is 20.3. The average Bonchev–Trinajstić information content (AvgIpc) is 2.68. The monoisotopic (exact) mass is 414 g/mol. The molecule has 2 N–H and O–H groups in total. The second kappa shape index (κ2) is 8.32. The van der Waals surface area contributed by atoms with E-state index in [-0.39, 0.29) is 16.1 Å². The normalized spacial score (nSPS) is 11.1. The summed E-state index contributed by atoms with van der Waals surface area (Å²) in [7, 11) is -2.30. The summed E-state index contributed by atoms with van der Waals surface area (Å²) in [5.74, 6) is -1.87. The van der Waals surface area contributed by atoms with E-state index in [9.17, 15) is 22.7 Å². The number of halogens is 1. The summed E-state index contributed by atoms with van der Waals surface area (Å²) >= 11 is 0. The molecule has 6 nitrogen and oxygen atoms in total. The Bertz CT molecular complexity index is 1130. The Labute approximate surface area is 168 Å². The van der Waals surface area contributed by atoms with Gasteiger partial charge in [0.05, 0.1) is 16.1 Å². The number of rotatable bonds is 7. The molecule has 0 bridgehead atoms. The van der Waals surface area contributed by atoms with Gasteiger partial charge in [0.2, 0.25) is 0 Å². The van der Waals surface area contributed by atoms with Gasteiger partial charge in [-0.25, -0.2) is 17.6 Å². The summed E-state index contributed by atoms with van der Waals surface area (Å²) in [6.07, 6.45) is 0. The SMILES string of the molecule is CN(Cc1ccccc1)c1ccc(NS(=O)(=O)c2cccc(F)c2)cc1C(=O)O. The fourth-order valence-electron chi connectivity index (χ4n) is 2.89. The van der Waals surface area contributed by atoms with Crippen LogP contribution in [0.15, 0.2) is 77.7 Å². The highest BCUT2D eigenvalue weighted by atomic mass is 32.2. The third-order valence-corrected chi connectivity index (χ3v) is 5.64. The zero-order valence-electron chi connectivity index (χ0n) is 15.5. The first-order valence-electron chi connectivity index (χ1n) is 8.67. The Morgan fingerprint density at radius 2 is 1.76 bits per heavy atom. The highest BCUT2D eigenvalue weighted by molar-refractivity contribution is 7.92. The number of sulfonamides is 1. The van der Waals surface area contributed by atoms with Crippen LogP contribution in [0.5, 0.6) is 0 Å². The van der Waals surface area contributed by atoms with Gasteiger partial charge in [-0.1, -0.05) is 36.4 Å². The van der Waals surface area contributed by atoms with Gasteiger partial charge in [-0.2, -0.15) is 0 Å². The van der Waals surface area contributed by atoms with E-state index >= 15 is 0 Å². The molecule has 0 fully saturated rings. The number of hydrogen-bond donors (Lipinski definition) is 2. The molecule has 0 atom stereocenters. The number of benzene rings is 3. The number of carboxylic acid groups (broad SMARTS) is 1. The predicted molar refractivity (Wildman–Crippen MR) is 109 cm³/mol. The number of nitrogens with zero attached hydrogens (tertiary/aromatic N) is 1. The molecular formula is C21H19FN2O4S. The molecule has 29 heavy (non-hydrogen) atoms. The molecule has 0 radical (unpaired) electrons. The Morgan fingerprint density at radius 1 is 1.03 bits per heavy atom. The Balaban J connectivity index is 1.89. The fourth-order valence-corrected chi connectivity index (χ4v) is 3.97. The van der Waals surface area contributed by atoms with Gasteiger partial charge in [0, 0.05) is 19.3 Å². The standard InChI is InChI=1S/C21H19FN2O4S/c1-24(14-15-6-3-2-4-7-15)20-11-10-17(13-19(20)21(25)26)23-29(27,28)18-9-5-8-16(22)12-18/h2-13,23H,14H2,1H3,(H,25,26). The molecule has 0 aliphatic rings. The first-order chi connectivity index (χ1) is 13.8. The third-order valence-electron chi connectivity index (χ3n) is 4.26. The molecule has 3 aromatic carbocycles. The van der Waals surface area contributed by atoms with Crippen LogP contribution in [-0.4, -0.2) is 26.5 Å². The van der Waals surface area contributed by atoms with Crippen LogP contribution in [0.2, 0.25) is 0 Å². The minimum Gasteiger partial charge on any atom is -0.478 e. The van der Waals surface area contributed by atoms with Gasteiger partial charge in [0.25, 0.3) is 10.0 Å². The first-order valence-corrected chi connectivity index (χ1v) is 10.2. The van der Waals surface area contributed by atoms with Gasteiger partial charge in [-0.3, -0.25) is 4.72 Å². The highest BCUT2D eigenvalue weighted by Gasteiger charge is 2.19. The van der Waals surface area contributed by atoms with Crippen molar-refractivity contribution in [3.63, 3.8) is 0 Å². The van der Waals surface area contributed by atoms with Crippen molar-refractivity contribution >= 4 is 27.4 Å². The lowest BCUT2D eigenvalue weighted by molar-refractivity contribution is 0.0697. The van der Waals surface area contributed by atoms with E-state index in [1.54, 1.807) is 11.9 Å². The molecule has 0 saturated carbocycles. The zero-order chi connectivity index (χ0) is 21.0. The maximum atomic E-state index is 13.4. The lowest BCUT2D eigenvalue weighted by Gasteiger charge is -2.22. The number of nitrogens with one attached hydrogen (secondary N) is 1. The van der Waals surface area contributed by atoms with Crippen molar-refractivity contribution in [2.45, 2.75) is 11.4 Å². The number of carbonyl (C=O) groups is 1. The highest BCUT2D eigenvalue weighted by Crippen LogP contribution is 2.26. The van der Waals surface area contributed by atoms with Gasteiger partial charge in [0.15, 0.2) is 0 Å². The van der Waals surface area contributed by atoms with Gasteiger partial charge in [0.1, 0.15) is 5.82 Å². The molecular weight excluding hydrogens is 395 g/mol. The van der Waals surface area contributed by atoms with E-state index in [0.29, 0.717) is 12.2 Å². The molecule has 150 valence electrons. The Hall–Kier alpha value is -3.39. The van der Waals surface area contributed by atoms with Gasteiger partial charge < -0.3 is 10.0 Å². The topological polar surface area (TPSA) is 86.7 Å². The summed E-state index contributed by atoms with van der Waals surface area (Å²) in [5.41, 5.74) is 1.46. The molecule has 8 heteroatoms. The van der Waals surface area contributed by atoms with Crippen LogP contribution in [0, 0.1) is 5.82 Å². The Kier molecular flexibility index (Phi) is 5.84. The second-order valence-electron chi connectivity index (χ2n) is 6.44. The van der Waals surface area contributed by atoms with Crippen molar-refractivity contribution in [3.8, 4) is 0 Å². The fraction of sp³-hybridized carbons (Fsp3) is 0.0952. The van der Waals surface area contributed by atoms with E-state index in [1.165, 1.54) is 30.3 Å². The van der Waals surface area contributed by atoms with Crippen LogP contribution >= 0.6 is 0 Å². The van der Waals surface area contributed by atoms with E-state index in [1.807, 2.05) is 30.3 Å². The molecule has 0 spiro atoms. The van der Waals surface area contributed by atoms with Crippen molar-refractivity contribution in [2.75, 3.05) is 16.7 Å². The van der Waals surface area contributed by atoms with Crippen LogP contribution in [-0.2, 0) is 16.6 Å². The van der Waals surface area contributed by atoms with Crippen molar-refractivity contribution in [1.82, 2.24) is 0 Å². The lowest BCUT2D eigenvalue weighted by Crippen LogP contribution is -2.20. The molecule has 0 amide bonds. The molecule has 0 heterocycles. The molecule has 0 saturated heterocycles. The van der Waals surface area contributed by atoms with E-state index < -0.39 is 21.8 Å². The summed E-state index contributed by atoms with van der Waals surface area (Å²) in [6.45, 7) is 0.482. The summed E-state index contributed by atoms with van der Waals surface area (Å²) in [4.78, 5) is 13.3. The number of anilines is 2. The predicted octanol–water partition coefficient (Wildman–Crippen LogP) is 3.96. The van der Waals surface area contributed by atoms with E-state index in [4.69, 9.17) is 0 Å². The zero-order valence-corrected chi connectivity index (χ0v) is 16.4. The second-order valence-corrected chi connectivity index (χ2v) is 8.12. The Morgan fingerprint density at radius 3 is 2.41 bits per heavy atom. The maximum Gasteiger partial charge on any atom is 0.337 e. The smallest absolute Gasteiger partial charge is 0.337 e. The lowest BCUT2D eigenvalue weighted by atomic mass is 10.1. The number of hydrogen-bond acceptors (Lipinski definition) is 4. The van der Waals surface area contributed by atoms with Crippen LogP contribution in [0.1, 0.15) is 15.9 Å².